The molecule has 9 heteroatoms. The molecule has 6 nitrogen and oxygen atoms in total. The number of nitrogens with zero attached hydrogens (tertiary/aromatic N) is 4. The Kier molecular flexibility index (Phi) is 7.42. The Hall–Kier alpha value is -4.13. The maximum Gasteiger partial charge on any atom is 0.416 e. The number of imidazole rings is 1. The first-order chi connectivity index (χ1) is 18.7. The molecule has 2 aromatic heterocycles. The third-order valence-electron chi connectivity index (χ3n) is 6.90. The van der Waals surface area contributed by atoms with Gasteiger partial charge in [0.1, 0.15) is 11.3 Å². The standard InChI is InChI=1S/C30H28F3N5O/c1-21-6-7-23(17-22(21)9-11-26-19-34-28-5-3-4-12-38(26)28)29(39)35-25-10-8-24(27(18-25)30(31,32)33)20-37-15-13-36(2)14-16-37/h3-8,10,12,17-19H,13-16,20H2,1-2H3,(H,35,39). The van der Waals surface area contributed by atoms with Gasteiger partial charge in [0.15, 0.2) is 0 Å². The van der Waals surface area contributed by atoms with Crippen molar-refractivity contribution in [2.75, 3.05) is 38.5 Å². The van der Waals surface area contributed by atoms with E-state index in [4.69, 9.17) is 0 Å². The number of hydrogen-bond acceptors (Lipinski definition) is 4. The molecule has 3 heterocycles. The lowest BCUT2D eigenvalue weighted by Gasteiger charge is -2.33. The number of benzene rings is 2. The number of piperazine rings is 1. The summed E-state index contributed by atoms with van der Waals surface area (Å²) in [5.74, 6) is 5.68. The van der Waals surface area contributed by atoms with E-state index in [0.717, 1.165) is 30.4 Å². The molecule has 2 aromatic carbocycles. The van der Waals surface area contributed by atoms with E-state index in [0.29, 0.717) is 29.9 Å². The van der Waals surface area contributed by atoms with Crippen LogP contribution in [0.1, 0.15) is 38.3 Å². The molecular formula is C30H28F3N5O. The first-order valence-electron chi connectivity index (χ1n) is 12.6. The fourth-order valence-corrected chi connectivity index (χ4v) is 4.56. The number of carbonyl (C=O) groups excluding carboxylic acids is 1. The number of alkyl halides is 3. The molecule has 1 N–H and O–H groups in total. The van der Waals surface area contributed by atoms with Gasteiger partial charge in [0, 0.05) is 55.7 Å². The van der Waals surface area contributed by atoms with Gasteiger partial charge in [-0.1, -0.05) is 24.1 Å². The predicted octanol–water partition coefficient (Wildman–Crippen LogP) is 5.06. The normalized spacial score (nSPS) is 14.7. The number of nitrogens with one attached hydrogen (secondary N) is 1. The van der Waals surface area contributed by atoms with Crippen molar-refractivity contribution in [2.45, 2.75) is 19.6 Å². The first kappa shape index (κ1) is 26.5. The molecule has 1 amide bonds. The van der Waals surface area contributed by atoms with E-state index in [1.54, 1.807) is 24.4 Å². The van der Waals surface area contributed by atoms with Crippen LogP contribution < -0.4 is 5.32 Å². The highest BCUT2D eigenvalue weighted by molar-refractivity contribution is 6.04. The lowest BCUT2D eigenvalue weighted by molar-refractivity contribution is -0.138. The maximum absolute atomic E-state index is 13.9. The molecule has 0 spiro atoms. The highest BCUT2D eigenvalue weighted by Crippen LogP contribution is 2.34. The highest BCUT2D eigenvalue weighted by atomic mass is 19.4. The topological polar surface area (TPSA) is 52.9 Å². The van der Waals surface area contributed by atoms with Gasteiger partial charge in [0.2, 0.25) is 0 Å². The number of halogens is 3. The van der Waals surface area contributed by atoms with Crippen LogP contribution in [-0.4, -0.2) is 58.3 Å². The van der Waals surface area contributed by atoms with E-state index in [9.17, 15) is 18.0 Å². The molecule has 0 unspecified atom stereocenters. The molecule has 1 aliphatic heterocycles. The van der Waals surface area contributed by atoms with Crippen molar-refractivity contribution in [3.8, 4) is 11.8 Å². The molecule has 1 fully saturated rings. The molecule has 0 bridgehead atoms. The lowest BCUT2D eigenvalue weighted by atomic mass is 10.0. The van der Waals surface area contributed by atoms with Crippen LogP contribution in [0.2, 0.25) is 0 Å². The number of aryl methyl sites for hydroxylation is 1. The summed E-state index contributed by atoms with van der Waals surface area (Å²) in [6.45, 7) is 5.15. The zero-order valence-corrected chi connectivity index (χ0v) is 21.7. The van der Waals surface area contributed by atoms with Gasteiger partial charge in [0.05, 0.1) is 11.8 Å². The summed E-state index contributed by atoms with van der Waals surface area (Å²) < 4.78 is 43.7. The molecule has 0 radical (unpaired) electrons. The van der Waals surface area contributed by atoms with Crippen LogP contribution in [0.15, 0.2) is 67.0 Å². The SMILES string of the molecule is Cc1ccc(C(=O)Nc2ccc(CN3CCN(C)CC3)c(C(F)(F)F)c2)cc1C#Cc1cnc2ccccn12. The van der Waals surface area contributed by atoms with Crippen molar-refractivity contribution >= 4 is 17.2 Å². The highest BCUT2D eigenvalue weighted by Gasteiger charge is 2.34. The second kappa shape index (κ2) is 10.9. The van der Waals surface area contributed by atoms with E-state index >= 15 is 0 Å². The van der Waals surface area contributed by atoms with E-state index in [1.165, 1.54) is 12.1 Å². The first-order valence-corrected chi connectivity index (χ1v) is 12.6. The molecule has 1 aliphatic rings. The van der Waals surface area contributed by atoms with Crippen molar-refractivity contribution in [3.63, 3.8) is 0 Å². The smallest absolute Gasteiger partial charge is 0.322 e. The van der Waals surface area contributed by atoms with Crippen LogP contribution in [0.3, 0.4) is 0 Å². The van der Waals surface area contributed by atoms with Gasteiger partial charge in [0.25, 0.3) is 5.91 Å². The quantitative estimate of drug-likeness (QED) is 0.374. The van der Waals surface area contributed by atoms with Gasteiger partial charge >= 0.3 is 6.18 Å². The molecule has 0 atom stereocenters. The van der Waals surface area contributed by atoms with Gasteiger partial charge in [-0.3, -0.25) is 14.1 Å². The third kappa shape index (κ3) is 6.14. The number of pyridine rings is 1. The van der Waals surface area contributed by atoms with Crippen molar-refractivity contribution in [2.24, 2.45) is 0 Å². The summed E-state index contributed by atoms with van der Waals surface area (Å²) in [6.07, 6.45) is -0.984. The van der Waals surface area contributed by atoms with Gasteiger partial charge in [-0.2, -0.15) is 13.2 Å². The minimum absolute atomic E-state index is 0.0911. The number of carbonyl (C=O) groups is 1. The Morgan fingerprint density at radius 2 is 1.82 bits per heavy atom. The Labute approximate surface area is 225 Å². The van der Waals surface area contributed by atoms with Crippen LogP contribution in [0.25, 0.3) is 5.65 Å². The van der Waals surface area contributed by atoms with Crippen molar-refractivity contribution in [3.05, 3.63) is 101 Å². The fraction of sp³-hybridized carbons (Fsp3) is 0.267. The molecule has 39 heavy (non-hydrogen) atoms. The third-order valence-corrected chi connectivity index (χ3v) is 6.90. The molecule has 5 rings (SSSR count). The molecule has 1 saturated heterocycles. The van der Waals surface area contributed by atoms with Gasteiger partial charge in [-0.25, -0.2) is 4.98 Å². The summed E-state index contributed by atoms with van der Waals surface area (Å²) in [5, 5.41) is 2.63. The van der Waals surface area contributed by atoms with Crippen LogP contribution >= 0.6 is 0 Å². The maximum atomic E-state index is 13.9. The van der Waals surface area contributed by atoms with Crippen LogP contribution in [0.5, 0.6) is 0 Å². The van der Waals surface area contributed by atoms with Crippen LogP contribution in [0.4, 0.5) is 18.9 Å². The molecule has 0 saturated carbocycles. The number of rotatable bonds is 4. The summed E-state index contributed by atoms with van der Waals surface area (Å²) >= 11 is 0. The summed E-state index contributed by atoms with van der Waals surface area (Å²) in [6, 6.07) is 14.7. The van der Waals surface area contributed by atoms with E-state index in [-0.39, 0.29) is 17.8 Å². The van der Waals surface area contributed by atoms with Crippen LogP contribution in [0, 0.1) is 18.8 Å². The monoisotopic (exact) mass is 531 g/mol. The number of aromatic nitrogens is 2. The van der Waals surface area contributed by atoms with E-state index in [2.05, 4.69) is 27.0 Å². The number of anilines is 1. The second-order valence-electron chi connectivity index (χ2n) is 9.76. The molecule has 200 valence electrons. The summed E-state index contributed by atoms with van der Waals surface area (Å²) in [4.78, 5) is 21.5. The average Bonchev–Trinajstić information content (AvgIpc) is 3.33. The number of hydrogen-bond donors (Lipinski definition) is 1. The minimum atomic E-state index is -4.53. The van der Waals surface area contributed by atoms with Gasteiger partial charge < -0.3 is 10.2 Å². The number of fused-ring (bicyclic) bond motifs is 1. The predicted molar refractivity (Wildman–Crippen MR) is 145 cm³/mol. The Balaban J connectivity index is 1.35. The second-order valence-corrected chi connectivity index (χ2v) is 9.76. The Bertz CT molecular complexity index is 1570. The van der Waals surface area contributed by atoms with Crippen molar-refractivity contribution in [1.29, 1.82) is 0 Å². The van der Waals surface area contributed by atoms with E-state index in [1.807, 2.05) is 47.7 Å². The lowest BCUT2D eigenvalue weighted by Crippen LogP contribution is -2.44. The molecule has 0 aliphatic carbocycles. The molecule has 4 aromatic rings. The van der Waals surface area contributed by atoms with Gasteiger partial charge in [-0.15, -0.1) is 0 Å². The average molecular weight is 532 g/mol. The fourth-order valence-electron chi connectivity index (χ4n) is 4.56. The number of amides is 1. The van der Waals surface area contributed by atoms with Gasteiger partial charge in [-0.05, 0) is 67.4 Å². The van der Waals surface area contributed by atoms with Crippen molar-refractivity contribution < 1.29 is 18.0 Å². The molecular weight excluding hydrogens is 503 g/mol. The Morgan fingerprint density at radius 1 is 1.03 bits per heavy atom. The largest absolute Gasteiger partial charge is 0.416 e. The minimum Gasteiger partial charge on any atom is -0.322 e. The summed E-state index contributed by atoms with van der Waals surface area (Å²) in [5.41, 5.74) is 2.86. The van der Waals surface area contributed by atoms with Crippen LogP contribution in [-0.2, 0) is 12.7 Å². The number of likely N-dealkylation sites (N-methyl/N-ethyl adjacent to an activating group) is 1. The zero-order valence-electron chi connectivity index (χ0n) is 21.7. The Morgan fingerprint density at radius 3 is 2.59 bits per heavy atom. The zero-order chi connectivity index (χ0) is 27.6. The van der Waals surface area contributed by atoms with E-state index < -0.39 is 17.6 Å². The van der Waals surface area contributed by atoms with Crippen molar-refractivity contribution in [1.82, 2.24) is 19.2 Å². The summed E-state index contributed by atoms with van der Waals surface area (Å²) in [7, 11) is 2.00.